The van der Waals surface area contributed by atoms with Crippen molar-refractivity contribution in [2.24, 2.45) is 0 Å². The topological polar surface area (TPSA) is 20.2 Å². The molecular weight excluding hydrogens is 366 g/mol. The molecule has 1 atom stereocenters. The van der Waals surface area contributed by atoms with Gasteiger partial charge in [0.15, 0.2) is 0 Å². The average Bonchev–Trinajstić information content (AvgIpc) is 2.37. The van der Waals surface area contributed by atoms with Crippen molar-refractivity contribution in [2.45, 2.75) is 18.9 Å². The molecule has 0 amide bonds. The second-order valence-electron chi connectivity index (χ2n) is 4.55. The minimum absolute atomic E-state index is 0.249. The Morgan fingerprint density at radius 1 is 1.05 bits per heavy atom. The van der Waals surface area contributed by atoms with Gasteiger partial charge in [0.1, 0.15) is 5.82 Å². The Hall–Kier alpha value is -0.610. The van der Waals surface area contributed by atoms with Gasteiger partial charge in [-0.1, -0.05) is 51.3 Å². The van der Waals surface area contributed by atoms with Gasteiger partial charge < -0.3 is 5.11 Å². The summed E-state index contributed by atoms with van der Waals surface area (Å²) in [4.78, 5) is 0. The van der Waals surface area contributed by atoms with E-state index < -0.39 is 6.10 Å². The zero-order valence-electron chi connectivity index (χ0n) is 10.4. The van der Waals surface area contributed by atoms with Gasteiger partial charge in [-0.3, -0.25) is 0 Å². The third-order valence-corrected chi connectivity index (χ3v) is 4.16. The van der Waals surface area contributed by atoms with Gasteiger partial charge in [-0.05, 0) is 41.8 Å². The van der Waals surface area contributed by atoms with E-state index in [1.165, 1.54) is 6.07 Å². The normalized spacial score (nSPS) is 12.4. The molecule has 0 spiro atoms. The molecule has 5 heteroatoms. The Kier molecular flexibility index (Phi) is 5.44. The molecular formula is C15H12BrCl2FO. The lowest BCUT2D eigenvalue weighted by Crippen LogP contribution is -2.14. The molecule has 0 radical (unpaired) electrons. The second kappa shape index (κ2) is 6.90. The Balaban J connectivity index is 2.04. The molecule has 0 aromatic heterocycles. The molecule has 0 saturated heterocycles. The van der Waals surface area contributed by atoms with Crippen LogP contribution in [0.5, 0.6) is 0 Å². The van der Waals surface area contributed by atoms with E-state index in [0.717, 1.165) is 5.56 Å². The van der Waals surface area contributed by atoms with Crippen molar-refractivity contribution in [3.05, 3.63) is 67.9 Å². The van der Waals surface area contributed by atoms with Gasteiger partial charge >= 0.3 is 0 Å². The van der Waals surface area contributed by atoms with Gasteiger partial charge in [-0.15, -0.1) is 0 Å². The van der Waals surface area contributed by atoms with Crippen molar-refractivity contribution in [3.63, 3.8) is 0 Å². The quantitative estimate of drug-likeness (QED) is 0.791. The first-order valence-electron chi connectivity index (χ1n) is 6.01. The van der Waals surface area contributed by atoms with Gasteiger partial charge in [0, 0.05) is 10.9 Å². The fraction of sp³-hybridized carbons (Fsp3) is 0.200. The minimum atomic E-state index is -0.678. The molecule has 0 fully saturated rings. The van der Waals surface area contributed by atoms with Crippen molar-refractivity contribution in [3.8, 4) is 0 Å². The summed E-state index contributed by atoms with van der Waals surface area (Å²) in [5.74, 6) is -0.326. The minimum Gasteiger partial charge on any atom is -0.392 e. The molecule has 1 unspecified atom stereocenters. The summed E-state index contributed by atoms with van der Waals surface area (Å²) in [5.41, 5.74) is 1.35. The van der Waals surface area contributed by atoms with Gasteiger partial charge in [-0.2, -0.15) is 0 Å². The number of benzene rings is 2. The molecule has 1 N–H and O–H groups in total. The monoisotopic (exact) mass is 376 g/mol. The van der Waals surface area contributed by atoms with E-state index in [9.17, 15) is 9.50 Å². The van der Waals surface area contributed by atoms with Crippen LogP contribution >= 0.6 is 39.1 Å². The van der Waals surface area contributed by atoms with Crippen LogP contribution in [0.3, 0.4) is 0 Å². The summed E-state index contributed by atoms with van der Waals surface area (Å²) in [6.45, 7) is 0. The standard InChI is InChI=1S/C15H12BrCl2FO/c16-11-3-2-10(15(19)8-11)7-12(20)5-9-1-4-13(17)14(18)6-9/h1-4,6,8,12,20H,5,7H2. The van der Waals surface area contributed by atoms with Crippen LogP contribution in [0.2, 0.25) is 10.0 Å². The van der Waals surface area contributed by atoms with E-state index in [2.05, 4.69) is 15.9 Å². The first-order valence-corrected chi connectivity index (χ1v) is 7.56. The molecule has 106 valence electrons. The van der Waals surface area contributed by atoms with Crippen LogP contribution in [0.1, 0.15) is 11.1 Å². The highest BCUT2D eigenvalue weighted by Crippen LogP contribution is 2.24. The highest BCUT2D eigenvalue weighted by molar-refractivity contribution is 9.10. The Morgan fingerprint density at radius 2 is 1.80 bits per heavy atom. The summed E-state index contributed by atoms with van der Waals surface area (Å²) in [7, 11) is 0. The lowest BCUT2D eigenvalue weighted by molar-refractivity contribution is 0.174. The molecule has 20 heavy (non-hydrogen) atoms. The summed E-state index contributed by atoms with van der Waals surface area (Å²) in [5, 5.41) is 11.0. The zero-order valence-corrected chi connectivity index (χ0v) is 13.5. The van der Waals surface area contributed by atoms with E-state index in [1.807, 2.05) is 0 Å². The summed E-state index contributed by atoms with van der Waals surface area (Å²) in [6, 6.07) is 10.0. The van der Waals surface area contributed by atoms with Crippen molar-refractivity contribution in [1.82, 2.24) is 0 Å². The van der Waals surface area contributed by atoms with E-state index in [0.29, 0.717) is 26.5 Å². The highest BCUT2D eigenvalue weighted by atomic mass is 79.9. The third kappa shape index (κ3) is 4.19. The molecule has 0 saturated carbocycles. The number of aliphatic hydroxyl groups excluding tert-OH is 1. The lowest BCUT2D eigenvalue weighted by Gasteiger charge is -2.12. The van der Waals surface area contributed by atoms with Gasteiger partial charge in [-0.25, -0.2) is 4.39 Å². The Bertz CT molecular complexity index is 619. The maximum atomic E-state index is 13.7. The highest BCUT2D eigenvalue weighted by Gasteiger charge is 2.11. The van der Waals surface area contributed by atoms with E-state index in [1.54, 1.807) is 30.3 Å². The smallest absolute Gasteiger partial charge is 0.127 e. The van der Waals surface area contributed by atoms with Crippen LogP contribution in [-0.4, -0.2) is 11.2 Å². The molecule has 2 aromatic rings. The maximum absolute atomic E-state index is 13.7. The predicted molar refractivity (Wildman–Crippen MR) is 84.0 cm³/mol. The average molecular weight is 378 g/mol. The third-order valence-electron chi connectivity index (χ3n) is 2.93. The SMILES string of the molecule is OC(Cc1ccc(Cl)c(Cl)c1)Cc1ccc(Br)cc1F. The Morgan fingerprint density at radius 3 is 2.45 bits per heavy atom. The summed E-state index contributed by atoms with van der Waals surface area (Å²) >= 11 is 15.0. The lowest BCUT2D eigenvalue weighted by atomic mass is 10.0. The van der Waals surface area contributed by atoms with Gasteiger partial charge in [0.2, 0.25) is 0 Å². The van der Waals surface area contributed by atoms with Crippen molar-refractivity contribution >= 4 is 39.1 Å². The molecule has 0 heterocycles. The largest absolute Gasteiger partial charge is 0.392 e. The molecule has 0 aliphatic carbocycles. The van der Waals surface area contributed by atoms with Crippen LogP contribution in [0.15, 0.2) is 40.9 Å². The number of hydrogen-bond donors (Lipinski definition) is 1. The van der Waals surface area contributed by atoms with Gasteiger partial charge in [0.05, 0.1) is 16.1 Å². The molecule has 0 aliphatic rings. The van der Waals surface area contributed by atoms with Crippen LogP contribution in [-0.2, 0) is 12.8 Å². The van der Waals surface area contributed by atoms with E-state index in [4.69, 9.17) is 23.2 Å². The predicted octanol–water partition coefficient (Wildman–Crippen LogP) is 5.04. The number of rotatable bonds is 4. The van der Waals surface area contributed by atoms with Crippen LogP contribution in [0.4, 0.5) is 4.39 Å². The van der Waals surface area contributed by atoms with E-state index >= 15 is 0 Å². The Labute approximate surface area is 135 Å². The van der Waals surface area contributed by atoms with Crippen molar-refractivity contribution < 1.29 is 9.50 Å². The first kappa shape index (κ1) is 15.8. The van der Waals surface area contributed by atoms with Crippen LogP contribution < -0.4 is 0 Å². The van der Waals surface area contributed by atoms with Crippen molar-refractivity contribution in [2.75, 3.05) is 0 Å². The first-order chi connectivity index (χ1) is 9.45. The zero-order chi connectivity index (χ0) is 14.7. The molecule has 2 aromatic carbocycles. The van der Waals surface area contributed by atoms with E-state index in [-0.39, 0.29) is 12.2 Å². The number of halogens is 4. The van der Waals surface area contributed by atoms with Gasteiger partial charge in [0.25, 0.3) is 0 Å². The molecule has 0 aliphatic heterocycles. The van der Waals surface area contributed by atoms with Crippen LogP contribution in [0.25, 0.3) is 0 Å². The van der Waals surface area contributed by atoms with Crippen molar-refractivity contribution in [1.29, 1.82) is 0 Å². The number of hydrogen-bond acceptors (Lipinski definition) is 1. The fourth-order valence-electron chi connectivity index (χ4n) is 1.95. The molecule has 1 nitrogen and oxygen atoms in total. The van der Waals surface area contributed by atoms with Crippen LogP contribution in [0, 0.1) is 5.82 Å². The second-order valence-corrected chi connectivity index (χ2v) is 6.28. The molecule has 0 bridgehead atoms. The maximum Gasteiger partial charge on any atom is 0.127 e. The number of aliphatic hydroxyl groups is 1. The summed E-state index contributed by atoms with van der Waals surface area (Å²) in [6.07, 6.45) is -0.0333. The summed E-state index contributed by atoms with van der Waals surface area (Å²) < 4.78 is 14.4. The fourth-order valence-corrected chi connectivity index (χ4v) is 2.61. The molecule has 2 rings (SSSR count).